The molecule has 0 aromatic rings. The Balaban J connectivity index is 2.07. The third kappa shape index (κ3) is 3.83. The van der Waals surface area contributed by atoms with Crippen molar-refractivity contribution in [2.45, 2.75) is 51.0 Å². The van der Waals surface area contributed by atoms with Gasteiger partial charge in [0.05, 0.1) is 25.8 Å². The van der Waals surface area contributed by atoms with Crippen molar-refractivity contribution in [1.29, 1.82) is 0 Å². The van der Waals surface area contributed by atoms with Crippen LogP contribution < -0.4 is 0 Å². The van der Waals surface area contributed by atoms with Gasteiger partial charge in [-0.2, -0.15) is 5.06 Å². The van der Waals surface area contributed by atoms with E-state index >= 15 is 0 Å². The number of carbonyl (C=O) groups excluding carboxylic acids is 1. The number of hydroxylamine groups is 2. The molecular weight excluding hydrogens is 423 g/mol. The van der Waals surface area contributed by atoms with Gasteiger partial charge in [0, 0.05) is 3.58 Å². The molecule has 0 aromatic carbocycles. The van der Waals surface area contributed by atoms with Gasteiger partial charge in [0.2, 0.25) is 0 Å². The van der Waals surface area contributed by atoms with Crippen LogP contribution in [0.3, 0.4) is 0 Å². The fraction of sp³-hybridized carbons (Fsp3) is 0.688. The molecule has 2 heterocycles. The molecule has 2 bridgehead atoms. The summed E-state index contributed by atoms with van der Waals surface area (Å²) in [6, 6.07) is -0.104. The number of hydrogen-bond acceptors (Lipinski definition) is 3. The maximum Gasteiger partial charge on any atom is 0.345 e. The zero-order chi connectivity index (χ0) is 17.4. The Labute approximate surface area is 153 Å². The zero-order valence-corrected chi connectivity index (χ0v) is 17.8. The van der Waals surface area contributed by atoms with E-state index in [0.717, 1.165) is 3.58 Å². The van der Waals surface area contributed by atoms with Gasteiger partial charge in [0.15, 0.2) is 8.32 Å². The van der Waals surface area contributed by atoms with Crippen molar-refractivity contribution < 1.29 is 14.1 Å². The van der Waals surface area contributed by atoms with Gasteiger partial charge < -0.3 is 9.33 Å². The smallest absolute Gasteiger partial charge is 0.345 e. The number of carbonyl (C=O) groups is 1. The Hall–Kier alpha value is -0.383. The molecule has 2 aliphatic heterocycles. The number of rotatable bonds is 6. The molecule has 5 nitrogen and oxygen atoms in total. The van der Waals surface area contributed by atoms with E-state index in [1.807, 2.05) is 4.90 Å². The van der Waals surface area contributed by atoms with Crippen LogP contribution in [0.5, 0.6) is 0 Å². The summed E-state index contributed by atoms with van der Waals surface area (Å²) < 4.78 is 7.46. The molecule has 2 aliphatic rings. The van der Waals surface area contributed by atoms with Crippen molar-refractivity contribution in [3.8, 4) is 0 Å². The van der Waals surface area contributed by atoms with Crippen molar-refractivity contribution in [2.24, 2.45) is 0 Å². The largest absolute Gasteiger partial charge is 0.414 e. The first-order chi connectivity index (χ1) is 10.6. The van der Waals surface area contributed by atoms with E-state index in [-0.39, 0.29) is 23.2 Å². The van der Waals surface area contributed by atoms with Crippen LogP contribution in [-0.2, 0) is 9.26 Å². The third-order valence-electron chi connectivity index (χ3n) is 4.91. The molecule has 1 saturated heterocycles. The first-order valence-corrected chi connectivity index (χ1v) is 11.9. The fourth-order valence-corrected chi connectivity index (χ4v) is 4.27. The number of nitrogens with zero attached hydrogens (tertiary/aromatic N) is 2. The summed E-state index contributed by atoms with van der Waals surface area (Å²) in [5.74, 6) is 0. The number of hydrogen-bond donors (Lipinski definition) is 0. The summed E-state index contributed by atoms with van der Waals surface area (Å²) in [7, 11) is -1.83. The quantitative estimate of drug-likeness (QED) is 0.350. The van der Waals surface area contributed by atoms with Gasteiger partial charge >= 0.3 is 6.03 Å². The molecule has 2 atom stereocenters. The van der Waals surface area contributed by atoms with Gasteiger partial charge in [-0.05, 0) is 46.8 Å². The maximum atomic E-state index is 12.6. The molecule has 1 fully saturated rings. The van der Waals surface area contributed by atoms with Crippen LogP contribution in [0.4, 0.5) is 4.79 Å². The van der Waals surface area contributed by atoms with Gasteiger partial charge in [-0.1, -0.05) is 26.8 Å². The van der Waals surface area contributed by atoms with Crippen LogP contribution in [0.15, 0.2) is 22.3 Å². The molecule has 23 heavy (non-hydrogen) atoms. The summed E-state index contributed by atoms with van der Waals surface area (Å²) in [5.41, 5.74) is 0. The van der Waals surface area contributed by atoms with Crippen LogP contribution in [0.1, 0.15) is 20.8 Å². The van der Waals surface area contributed by atoms with Crippen molar-refractivity contribution in [3.05, 3.63) is 22.3 Å². The monoisotopic (exact) mass is 450 g/mol. The second-order valence-corrected chi connectivity index (χ2v) is 13.6. The predicted octanol–water partition coefficient (Wildman–Crippen LogP) is 3.93. The van der Waals surface area contributed by atoms with Gasteiger partial charge in [0.25, 0.3) is 0 Å². The highest BCUT2D eigenvalue weighted by Gasteiger charge is 2.47. The standard InChI is InChI=1S/C16H27IN2O3Si/c1-7-8-21-19-14-10-18(15(19)20)12(9-13(14)17)11-22-23(5,6)16(2,3)4/h7,9,12,14H,1,8,10-11H2,2-6H3. The molecule has 0 saturated carbocycles. The van der Waals surface area contributed by atoms with Crippen LogP contribution in [-0.4, -0.2) is 56.2 Å². The van der Waals surface area contributed by atoms with E-state index in [1.54, 1.807) is 6.08 Å². The lowest BCUT2D eigenvalue weighted by Gasteiger charge is -2.38. The van der Waals surface area contributed by atoms with Crippen molar-refractivity contribution in [1.82, 2.24) is 9.96 Å². The normalized spacial score (nSPS) is 25.0. The average Bonchev–Trinajstić information content (AvgIpc) is 2.73. The second kappa shape index (κ2) is 6.85. The minimum atomic E-state index is -1.83. The van der Waals surface area contributed by atoms with Crippen LogP contribution in [0.2, 0.25) is 18.1 Å². The summed E-state index contributed by atoms with van der Waals surface area (Å²) in [6.45, 7) is 16.3. The van der Waals surface area contributed by atoms with Crippen molar-refractivity contribution in [3.63, 3.8) is 0 Å². The molecule has 0 aromatic heterocycles. The lowest BCUT2D eigenvalue weighted by atomic mass is 10.1. The highest BCUT2D eigenvalue weighted by molar-refractivity contribution is 14.1. The van der Waals surface area contributed by atoms with Gasteiger partial charge in [-0.25, -0.2) is 4.79 Å². The first-order valence-electron chi connectivity index (χ1n) is 7.93. The fourth-order valence-electron chi connectivity index (χ4n) is 2.39. The zero-order valence-electron chi connectivity index (χ0n) is 14.6. The number of fused-ring (bicyclic) bond motifs is 2. The average molecular weight is 450 g/mol. The third-order valence-corrected chi connectivity index (χ3v) is 10.5. The Morgan fingerprint density at radius 1 is 1.48 bits per heavy atom. The molecule has 0 spiro atoms. The van der Waals surface area contributed by atoms with E-state index in [2.05, 4.69) is 69.1 Å². The van der Waals surface area contributed by atoms with Gasteiger partial charge in [0.1, 0.15) is 6.04 Å². The first kappa shape index (κ1) is 18.9. The predicted molar refractivity (Wildman–Crippen MR) is 103 cm³/mol. The Bertz CT molecular complexity index is 516. The molecule has 2 rings (SSSR count). The minimum absolute atomic E-state index is 0.00725. The summed E-state index contributed by atoms with van der Waals surface area (Å²) in [4.78, 5) is 20.0. The van der Waals surface area contributed by atoms with Crippen LogP contribution >= 0.6 is 22.6 Å². The second-order valence-electron chi connectivity index (χ2n) is 7.55. The van der Waals surface area contributed by atoms with Gasteiger partial charge in [-0.15, -0.1) is 6.58 Å². The van der Waals surface area contributed by atoms with Crippen molar-refractivity contribution >= 4 is 36.9 Å². The summed E-state index contributed by atoms with van der Waals surface area (Å²) >= 11 is 2.30. The van der Waals surface area contributed by atoms with Crippen LogP contribution in [0, 0.1) is 0 Å². The Kier molecular flexibility index (Phi) is 5.65. The Morgan fingerprint density at radius 2 is 2.13 bits per heavy atom. The lowest BCUT2D eigenvalue weighted by molar-refractivity contribution is -0.108. The highest BCUT2D eigenvalue weighted by Crippen LogP contribution is 2.38. The van der Waals surface area contributed by atoms with E-state index in [1.165, 1.54) is 5.06 Å². The van der Waals surface area contributed by atoms with Gasteiger partial charge in [-0.3, -0.25) is 4.84 Å². The molecule has 2 unspecified atom stereocenters. The molecule has 130 valence electrons. The Morgan fingerprint density at radius 3 is 2.70 bits per heavy atom. The summed E-state index contributed by atoms with van der Waals surface area (Å²) in [6.07, 6.45) is 3.79. The molecule has 0 N–H and O–H groups in total. The van der Waals surface area contributed by atoms with Crippen LogP contribution in [0.25, 0.3) is 0 Å². The highest BCUT2D eigenvalue weighted by atomic mass is 127. The molecule has 2 amide bonds. The van der Waals surface area contributed by atoms with E-state index in [0.29, 0.717) is 19.8 Å². The van der Waals surface area contributed by atoms with E-state index < -0.39 is 8.32 Å². The maximum absolute atomic E-state index is 12.6. The molecule has 0 radical (unpaired) electrons. The number of urea groups is 1. The lowest BCUT2D eigenvalue weighted by Crippen LogP contribution is -2.47. The SMILES string of the molecule is C=CCON1C(=O)N2CC1C(I)=CC2CO[Si](C)(C)C(C)(C)C. The topological polar surface area (TPSA) is 42.0 Å². The summed E-state index contributed by atoms with van der Waals surface area (Å²) in [5, 5.41) is 1.64. The molecule has 0 aliphatic carbocycles. The van der Waals surface area contributed by atoms with E-state index in [4.69, 9.17) is 9.26 Å². The number of halogens is 1. The minimum Gasteiger partial charge on any atom is -0.414 e. The van der Waals surface area contributed by atoms with Crippen molar-refractivity contribution in [2.75, 3.05) is 19.8 Å². The molecular formula is C16H27IN2O3Si. The van der Waals surface area contributed by atoms with E-state index in [9.17, 15) is 4.79 Å². The molecule has 7 heteroatoms. The number of amides is 2.